The second-order valence-corrected chi connectivity index (χ2v) is 5.44. The Morgan fingerprint density at radius 1 is 1.18 bits per heavy atom. The Morgan fingerprint density at radius 2 is 1.77 bits per heavy atom. The lowest BCUT2D eigenvalue weighted by Gasteiger charge is -2.28. The largest absolute Gasteiger partial charge is 0.508 e. The van der Waals surface area contributed by atoms with Gasteiger partial charge in [-0.3, -0.25) is 9.69 Å². The van der Waals surface area contributed by atoms with Gasteiger partial charge >= 0.3 is 12.1 Å². The highest BCUT2D eigenvalue weighted by Crippen LogP contribution is 2.23. The minimum absolute atomic E-state index is 0.137. The highest BCUT2D eigenvalue weighted by atomic mass is 16.6. The number of phenols is 1. The minimum atomic E-state index is -0.570. The zero-order valence-corrected chi connectivity index (χ0v) is 13.4. The molecule has 0 radical (unpaired) electrons. The van der Waals surface area contributed by atoms with Gasteiger partial charge in [0.25, 0.3) is 0 Å². The number of esters is 1. The van der Waals surface area contributed by atoms with Crippen LogP contribution in [0.2, 0.25) is 0 Å². The maximum absolute atomic E-state index is 12.2. The third kappa shape index (κ3) is 5.27. The van der Waals surface area contributed by atoms with Crippen molar-refractivity contribution in [2.45, 2.75) is 26.8 Å². The van der Waals surface area contributed by atoms with Gasteiger partial charge in [0.05, 0.1) is 19.8 Å². The van der Waals surface area contributed by atoms with Crippen LogP contribution >= 0.6 is 0 Å². The number of rotatable bonds is 6. The van der Waals surface area contributed by atoms with E-state index in [2.05, 4.69) is 4.74 Å². The van der Waals surface area contributed by atoms with Crippen LogP contribution in [-0.4, -0.2) is 42.3 Å². The van der Waals surface area contributed by atoms with Crippen LogP contribution in [-0.2, 0) is 14.3 Å². The van der Waals surface area contributed by atoms with Gasteiger partial charge < -0.3 is 14.6 Å². The molecule has 0 aromatic heterocycles. The zero-order chi connectivity index (χ0) is 16.7. The lowest BCUT2D eigenvalue weighted by Crippen LogP contribution is -2.39. The van der Waals surface area contributed by atoms with Gasteiger partial charge in [0.15, 0.2) is 0 Å². The quantitative estimate of drug-likeness (QED) is 0.818. The molecule has 1 N–H and O–H groups in total. The Bertz CT molecular complexity index is 498. The molecule has 6 heteroatoms. The van der Waals surface area contributed by atoms with E-state index in [1.807, 2.05) is 13.8 Å². The van der Waals surface area contributed by atoms with Gasteiger partial charge in [-0.05, 0) is 30.5 Å². The van der Waals surface area contributed by atoms with Crippen LogP contribution in [0.5, 0.6) is 5.75 Å². The number of hydrogen-bond donors (Lipinski definition) is 1. The number of carbonyl (C=O) groups is 2. The first-order valence-electron chi connectivity index (χ1n) is 7.14. The third-order valence-electron chi connectivity index (χ3n) is 3.14. The molecule has 0 aliphatic heterocycles. The van der Waals surface area contributed by atoms with Crippen molar-refractivity contribution in [2.24, 2.45) is 5.92 Å². The van der Waals surface area contributed by atoms with Gasteiger partial charge in [0.2, 0.25) is 0 Å². The summed E-state index contributed by atoms with van der Waals surface area (Å²) in [6, 6.07) is 6.06. The number of amides is 1. The molecule has 0 spiro atoms. The predicted octanol–water partition coefficient (Wildman–Crippen LogP) is 2.72. The van der Waals surface area contributed by atoms with Crippen LogP contribution in [0.1, 0.15) is 32.4 Å². The number of aromatic hydroxyl groups is 1. The molecule has 0 saturated carbocycles. The molecule has 0 saturated heterocycles. The fourth-order valence-electron chi connectivity index (χ4n) is 1.82. The van der Waals surface area contributed by atoms with Crippen molar-refractivity contribution in [3.05, 3.63) is 29.8 Å². The Kier molecular flexibility index (Phi) is 6.69. The van der Waals surface area contributed by atoms with Crippen molar-refractivity contribution >= 4 is 12.1 Å². The van der Waals surface area contributed by atoms with E-state index in [-0.39, 0.29) is 30.9 Å². The van der Waals surface area contributed by atoms with Gasteiger partial charge in [0, 0.05) is 0 Å². The summed E-state index contributed by atoms with van der Waals surface area (Å²) >= 11 is 0. The predicted molar refractivity (Wildman–Crippen MR) is 81.4 cm³/mol. The van der Waals surface area contributed by atoms with E-state index in [1.54, 1.807) is 19.1 Å². The summed E-state index contributed by atoms with van der Waals surface area (Å²) in [5, 5.41) is 9.34. The number of benzene rings is 1. The summed E-state index contributed by atoms with van der Waals surface area (Å²) in [5.74, 6) is -0.183. The Labute approximate surface area is 130 Å². The summed E-state index contributed by atoms with van der Waals surface area (Å²) in [5.41, 5.74) is 0.781. The molecule has 0 bridgehead atoms. The molecule has 0 aliphatic rings. The van der Waals surface area contributed by atoms with Crippen molar-refractivity contribution in [2.75, 3.05) is 20.3 Å². The van der Waals surface area contributed by atoms with Gasteiger partial charge in [-0.25, -0.2) is 4.79 Å². The van der Waals surface area contributed by atoms with E-state index in [0.717, 1.165) is 5.56 Å². The van der Waals surface area contributed by atoms with Crippen LogP contribution in [0.25, 0.3) is 0 Å². The van der Waals surface area contributed by atoms with Crippen molar-refractivity contribution in [1.82, 2.24) is 4.90 Å². The zero-order valence-electron chi connectivity index (χ0n) is 13.4. The SMILES string of the molecule is COC(=O)CN(C(=O)OCC(C)C)C(C)c1ccc(O)cc1. The second-order valence-electron chi connectivity index (χ2n) is 5.44. The molecule has 6 nitrogen and oxygen atoms in total. The maximum Gasteiger partial charge on any atom is 0.410 e. The number of phenolic OH excluding ortho intramolecular Hbond substituents is 1. The molecule has 1 amide bonds. The first kappa shape index (κ1) is 17.8. The molecule has 0 fully saturated rings. The molecule has 1 unspecified atom stereocenters. The highest BCUT2D eigenvalue weighted by molar-refractivity contribution is 5.78. The summed E-state index contributed by atoms with van der Waals surface area (Å²) in [6.45, 7) is 5.73. The fraction of sp³-hybridized carbons (Fsp3) is 0.500. The van der Waals surface area contributed by atoms with Crippen LogP contribution < -0.4 is 0 Å². The molecule has 1 rings (SSSR count). The normalized spacial score (nSPS) is 11.9. The Balaban J connectivity index is 2.90. The van der Waals surface area contributed by atoms with Crippen LogP contribution in [0, 0.1) is 5.92 Å². The lowest BCUT2D eigenvalue weighted by molar-refractivity contribution is -0.142. The highest BCUT2D eigenvalue weighted by Gasteiger charge is 2.26. The molecule has 1 aromatic rings. The second kappa shape index (κ2) is 8.26. The van der Waals surface area contributed by atoms with E-state index in [1.165, 1.54) is 24.1 Å². The third-order valence-corrected chi connectivity index (χ3v) is 3.14. The molecule has 1 atom stereocenters. The number of methoxy groups -OCH3 is 1. The lowest BCUT2D eigenvalue weighted by atomic mass is 10.1. The smallest absolute Gasteiger partial charge is 0.410 e. The maximum atomic E-state index is 12.2. The number of nitrogens with zero attached hydrogens (tertiary/aromatic N) is 1. The van der Waals surface area contributed by atoms with Crippen molar-refractivity contribution in [3.63, 3.8) is 0 Å². The molecule has 122 valence electrons. The first-order valence-corrected chi connectivity index (χ1v) is 7.14. The van der Waals surface area contributed by atoms with E-state index in [9.17, 15) is 14.7 Å². The average molecular weight is 309 g/mol. The van der Waals surface area contributed by atoms with Crippen molar-refractivity contribution < 1.29 is 24.2 Å². The van der Waals surface area contributed by atoms with E-state index < -0.39 is 12.1 Å². The van der Waals surface area contributed by atoms with Crippen molar-refractivity contribution in [1.29, 1.82) is 0 Å². The van der Waals surface area contributed by atoms with Gasteiger partial charge in [-0.1, -0.05) is 26.0 Å². The summed E-state index contributed by atoms with van der Waals surface area (Å²) in [7, 11) is 1.27. The van der Waals surface area contributed by atoms with Crippen LogP contribution in [0.15, 0.2) is 24.3 Å². The standard InChI is InChI=1S/C16H23NO5/c1-11(2)10-22-16(20)17(9-15(19)21-4)12(3)13-5-7-14(18)8-6-13/h5-8,11-12,18H,9-10H2,1-4H3. The molecule has 22 heavy (non-hydrogen) atoms. The fourth-order valence-corrected chi connectivity index (χ4v) is 1.82. The first-order chi connectivity index (χ1) is 10.3. The van der Waals surface area contributed by atoms with Crippen LogP contribution in [0.4, 0.5) is 4.79 Å². The van der Waals surface area contributed by atoms with Crippen LogP contribution in [0.3, 0.4) is 0 Å². The molecule has 0 aliphatic carbocycles. The summed E-state index contributed by atoms with van der Waals surface area (Å²) in [6.07, 6.45) is -0.570. The molecule has 0 heterocycles. The number of carbonyl (C=O) groups excluding carboxylic acids is 2. The molecular formula is C16H23NO5. The van der Waals surface area contributed by atoms with E-state index in [4.69, 9.17) is 4.74 Å². The number of ether oxygens (including phenoxy) is 2. The summed E-state index contributed by atoms with van der Waals surface area (Å²) < 4.78 is 9.84. The van der Waals surface area contributed by atoms with Gasteiger partial charge in [0.1, 0.15) is 12.3 Å². The minimum Gasteiger partial charge on any atom is -0.508 e. The molecule has 1 aromatic carbocycles. The van der Waals surface area contributed by atoms with E-state index in [0.29, 0.717) is 0 Å². The number of hydrogen-bond acceptors (Lipinski definition) is 5. The van der Waals surface area contributed by atoms with E-state index >= 15 is 0 Å². The average Bonchev–Trinajstić information content (AvgIpc) is 2.50. The Hall–Kier alpha value is -2.24. The summed E-state index contributed by atoms with van der Waals surface area (Å²) in [4.78, 5) is 25.1. The topological polar surface area (TPSA) is 76.1 Å². The molecular weight excluding hydrogens is 286 g/mol. The Morgan fingerprint density at radius 3 is 2.27 bits per heavy atom. The van der Waals surface area contributed by atoms with Crippen molar-refractivity contribution in [3.8, 4) is 5.75 Å². The van der Waals surface area contributed by atoms with Gasteiger partial charge in [-0.2, -0.15) is 0 Å². The monoisotopic (exact) mass is 309 g/mol. The van der Waals surface area contributed by atoms with Gasteiger partial charge in [-0.15, -0.1) is 0 Å².